The fourth-order valence-electron chi connectivity index (χ4n) is 2.88. The van der Waals surface area contributed by atoms with E-state index in [0.29, 0.717) is 12.5 Å². The van der Waals surface area contributed by atoms with E-state index in [0.717, 1.165) is 26.3 Å². The Labute approximate surface area is 146 Å². The number of pyridine rings is 1. The Morgan fingerprint density at radius 1 is 1.28 bits per heavy atom. The van der Waals surface area contributed by atoms with Gasteiger partial charge in [0, 0.05) is 46.1 Å². The van der Waals surface area contributed by atoms with Crippen molar-refractivity contribution in [3.8, 4) is 0 Å². The maximum atomic E-state index is 13.8. The van der Waals surface area contributed by atoms with Gasteiger partial charge in [0.05, 0.1) is 25.5 Å². The second-order valence-electron chi connectivity index (χ2n) is 6.09. The molecule has 25 heavy (non-hydrogen) atoms. The van der Waals surface area contributed by atoms with Crippen molar-refractivity contribution >= 4 is 11.8 Å². The molecule has 0 unspecified atom stereocenters. The first kappa shape index (κ1) is 17.5. The molecule has 134 valence electrons. The summed E-state index contributed by atoms with van der Waals surface area (Å²) in [5, 5.41) is 3.24. The molecule has 1 fully saturated rings. The third kappa shape index (κ3) is 4.40. The van der Waals surface area contributed by atoms with E-state index in [4.69, 9.17) is 4.74 Å². The van der Waals surface area contributed by atoms with Gasteiger partial charge in [0.15, 0.2) is 11.6 Å². The summed E-state index contributed by atoms with van der Waals surface area (Å²) in [5.74, 6) is 0.246. The Balaban J connectivity index is 1.75. The Morgan fingerprint density at radius 2 is 2.00 bits per heavy atom. The number of morpholine rings is 1. The molecular weight excluding hydrogens is 323 g/mol. The molecule has 0 spiro atoms. The fraction of sp³-hybridized carbons (Fsp3) is 0.471. The van der Waals surface area contributed by atoms with Crippen LogP contribution < -0.4 is 10.2 Å². The van der Waals surface area contributed by atoms with Gasteiger partial charge >= 0.3 is 0 Å². The van der Waals surface area contributed by atoms with Crippen LogP contribution in [0.25, 0.3) is 0 Å². The van der Waals surface area contributed by atoms with E-state index in [1.165, 1.54) is 11.8 Å². The van der Waals surface area contributed by atoms with Crippen molar-refractivity contribution in [1.29, 1.82) is 0 Å². The fourth-order valence-corrected chi connectivity index (χ4v) is 2.88. The number of nitrogens with one attached hydrogen (secondary N) is 1. The summed E-state index contributed by atoms with van der Waals surface area (Å²) in [7, 11) is 3.51. The zero-order valence-electron chi connectivity index (χ0n) is 14.5. The van der Waals surface area contributed by atoms with Crippen LogP contribution in [-0.2, 0) is 4.74 Å². The number of nitrogens with zero attached hydrogens (tertiary/aromatic N) is 5. The van der Waals surface area contributed by atoms with E-state index in [-0.39, 0.29) is 11.9 Å². The van der Waals surface area contributed by atoms with Crippen LogP contribution in [0.15, 0.2) is 30.7 Å². The smallest absolute Gasteiger partial charge is 0.224 e. The van der Waals surface area contributed by atoms with Crippen molar-refractivity contribution in [2.24, 2.45) is 0 Å². The largest absolute Gasteiger partial charge is 0.379 e. The molecule has 0 bridgehead atoms. The molecule has 0 aromatic carbocycles. The average molecular weight is 346 g/mol. The van der Waals surface area contributed by atoms with Crippen LogP contribution in [0, 0.1) is 5.82 Å². The molecule has 1 aliphatic rings. The van der Waals surface area contributed by atoms with Crippen LogP contribution in [0.4, 0.5) is 16.2 Å². The first-order valence-corrected chi connectivity index (χ1v) is 8.30. The summed E-state index contributed by atoms with van der Waals surface area (Å²) in [5.41, 5.74) is 1.17. The molecule has 1 aliphatic heterocycles. The van der Waals surface area contributed by atoms with E-state index in [1.807, 2.05) is 12.1 Å². The molecule has 2 aromatic heterocycles. The van der Waals surface area contributed by atoms with Crippen molar-refractivity contribution in [2.75, 3.05) is 57.2 Å². The molecule has 2 aromatic rings. The maximum Gasteiger partial charge on any atom is 0.224 e. The molecule has 3 rings (SSSR count). The number of aromatic nitrogens is 3. The zero-order chi connectivity index (χ0) is 17.6. The second kappa shape index (κ2) is 8.17. The highest BCUT2D eigenvalue weighted by molar-refractivity contribution is 5.42. The topological polar surface area (TPSA) is 66.4 Å². The summed E-state index contributed by atoms with van der Waals surface area (Å²) in [6, 6.07) is 4.17. The van der Waals surface area contributed by atoms with Gasteiger partial charge in [-0.05, 0) is 17.7 Å². The number of halogens is 1. The number of ether oxygens (including phenoxy) is 1. The minimum Gasteiger partial charge on any atom is -0.379 e. The number of anilines is 2. The normalized spacial score (nSPS) is 16.4. The van der Waals surface area contributed by atoms with Crippen molar-refractivity contribution < 1.29 is 9.13 Å². The number of hydrogen-bond acceptors (Lipinski definition) is 7. The highest BCUT2D eigenvalue weighted by Crippen LogP contribution is 2.22. The summed E-state index contributed by atoms with van der Waals surface area (Å²) in [6.45, 7) is 3.78. The number of hydrogen-bond donors (Lipinski definition) is 1. The third-order valence-corrected chi connectivity index (χ3v) is 4.18. The molecule has 0 aliphatic carbocycles. The lowest BCUT2D eigenvalue weighted by molar-refractivity contribution is 0.0186. The molecule has 0 saturated carbocycles. The highest BCUT2D eigenvalue weighted by Gasteiger charge is 2.23. The molecule has 7 nitrogen and oxygen atoms in total. The first-order valence-electron chi connectivity index (χ1n) is 8.30. The van der Waals surface area contributed by atoms with Crippen LogP contribution in [0.3, 0.4) is 0 Å². The van der Waals surface area contributed by atoms with Crippen LogP contribution >= 0.6 is 0 Å². The van der Waals surface area contributed by atoms with Gasteiger partial charge in [0.25, 0.3) is 0 Å². The lowest BCUT2D eigenvalue weighted by Gasteiger charge is -2.34. The molecule has 8 heteroatoms. The molecule has 1 atom stereocenters. The minimum atomic E-state index is -0.436. The Kier molecular flexibility index (Phi) is 5.72. The van der Waals surface area contributed by atoms with E-state index in [2.05, 4.69) is 25.2 Å². The maximum absolute atomic E-state index is 13.8. The lowest BCUT2D eigenvalue weighted by atomic mass is 10.1. The second-order valence-corrected chi connectivity index (χ2v) is 6.09. The van der Waals surface area contributed by atoms with Gasteiger partial charge in [-0.1, -0.05) is 0 Å². The summed E-state index contributed by atoms with van der Waals surface area (Å²) >= 11 is 0. The van der Waals surface area contributed by atoms with Crippen molar-refractivity contribution in [3.63, 3.8) is 0 Å². The van der Waals surface area contributed by atoms with Crippen LogP contribution in [0.1, 0.15) is 11.6 Å². The van der Waals surface area contributed by atoms with Gasteiger partial charge in [-0.3, -0.25) is 9.88 Å². The quantitative estimate of drug-likeness (QED) is 0.851. The Morgan fingerprint density at radius 3 is 2.68 bits per heavy atom. The van der Waals surface area contributed by atoms with Gasteiger partial charge < -0.3 is 15.0 Å². The lowest BCUT2D eigenvalue weighted by Crippen LogP contribution is -2.41. The van der Waals surface area contributed by atoms with E-state index >= 15 is 0 Å². The van der Waals surface area contributed by atoms with Gasteiger partial charge in [-0.25, -0.2) is 9.37 Å². The molecule has 0 amide bonds. The van der Waals surface area contributed by atoms with Crippen LogP contribution in [0.5, 0.6) is 0 Å². The van der Waals surface area contributed by atoms with E-state index < -0.39 is 5.82 Å². The van der Waals surface area contributed by atoms with Crippen molar-refractivity contribution in [1.82, 2.24) is 19.9 Å². The molecule has 3 heterocycles. The summed E-state index contributed by atoms with van der Waals surface area (Å²) in [4.78, 5) is 16.4. The number of rotatable bonds is 6. The van der Waals surface area contributed by atoms with Crippen LogP contribution in [0.2, 0.25) is 0 Å². The van der Waals surface area contributed by atoms with Crippen molar-refractivity contribution in [2.45, 2.75) is 6.04 Å². The van der Waals surface area contributed by atoms with E-state index in [1.54, 1.807) is 31.4 Å². The monoisotopic (exact) mass is 346 g/mol. The van der Waals surface area contributed by atoms with Gasteiger partial charge in [0.1, 0.15) is 0 Å². The standard InChI is InChI=1S/C17H23FN6O/c1-23(2)16-14(18)11-20-17(22-16)21-12-15(13-3-5-19-6-4-13)24-7-9-25-10-8-24/h3-6,11,15H,7-10,12H2,1-2H3,(H,20,21,22)/t15-/m0/s1. The van der Waals surface area contributed by atoms with Gasteiger partial charge in [0.2, 0.25) is 5.95 Å². The van der Waals surface area contributed by atoms with Crippen LogP contribution in [-0.4, -0.2) is 66.8 Å². The summed E-state index contributed by atoms with van der Waals surface area (Å²) < 4.78 is 19.2. The average Bonchev–Trinajstić information content (AvgIpc) is 2.65. The van der Waals surface area contributed by atoms with Crippen molar-refractivity contribution in [3.05, 3.63) is 42.1 Å². The van der Waals surface area contributed by atoms with Gasteiger partial charge in [-0.15, -0.1) is 0 Å². The SMILES string of the molecule is CN(C)c1nc(NC[C@@H](c2ccncc2)N2CCOCC2)ncc1F. The van der Waals surface area contributed by atoms with Gasteiger partial charge in [-0.2, -0.15) is 4.98 Å². The molecule has 0 radical (unpaired) electrons. The highest BCUT2D eigenvalue weighted by atomic mass is 19.1. The third-order valence-electron chi connectivity index (χ3n) is 4.18. The minimum absolute atomic E-state index is 0.142. The van der Waals surface area contributed by atoms with E-state index in [9.17, 15) is 4.39 Å². The Hall–Kier alpha value is -2.32. The first-order chi connectivity index (χ1) is 12.1. The molecular formula is C17H23FN6O. The predicted octanol–water partition coefficient (Wildman–Crippen LogP) is 1.56. The summed E-state index contributed by atoms with van der Waals surface area (Å²) in [6.07, 6.45) is 4.78. The predicted molar refractivity (Wildman–Crippen MR) is 94.2 cm³/mol. The molecule has 1 saturated heterocycles. The molecule has 1 N–H and O–H groups in total. The zero-order valence-corrected chi connectivity index (χ0v) is 14.5. The Bertz CT molecular complexity index is 678.